The van der Waals surface area contributed by atoms with Crippen molar-refractivity contribution in [1.29, 1.82) is 0 Å². The third-order valence-electron chi connectivity index (χ3n) is 7.65. The zero-order chi connectivity index (χ0) is 29.5. The van der Waals surface area contributed by atoms with E-state index in [9.17, 15) is 19.5 Å². The van der Waals surface area contributed by atoms with E-state index in [2.05, 4.69) is 10.6 Å². The van der Waals surface area contributed by atoms with Gasteiger partial charge in [0.25, 0.3) is 0 Å². The molecule has 0 saturated carbocycles. The number of methoxy groups -OCH3 is 1. The van der Waals surface area contributed by atoms with Gasteiger partial charge in [-0.25, -0.2) is 14.6 Å². The molecule has 5 rings (SSSR count). The Balaban J connectivity index is 1.44. The molecule has 1 saturated heterocycles. The zero-order valence-corrected chi connectivity index (χ0v) is 23.6. The summed E-state index contributed by atoms with van der Waals surface area (Å²) in [5.74, 6) is -0.369. The van der Waals surface area contributed by atoms with Gasteiger partial charge in [0.05, 0.1) is 24.9 Å². The predicted molar refractivity (Wildman–Crippen MR) is 158 cm³/mol. The van der Waals surface area contributed by atoms with Crippen molar-refractivity contribution in [2.75, 3.05) is 20.2 Å². The van der Waals surface area contributed by atoms with Gasteiger partial charge in [0.2, 0.25) is 5.91 Å². The number of fused-ring (bicyclic) bond motifs is 2. The van der Waals surface area contributed by atoms with Gasteiger partial charge in [-0.1, -0.05) is 42.5 Å². The van der Waals surface area contributed by atoms with E-state index in [1.54, 1.807) is 7.11 Å². The van der Waals surface area contributed by atoms with Crippen LogP contribution in [-0.4, -0.2) is 71.3 Å². The Morgan fingerprint density at radius 2 is 1.86 bits per heavy atom. The number of allylic oxidation sites excluding steroid dienone is 2. The molecular formula is C32H36N4O6. The summed E-state index contributed by atoms with van der Waals surface area (Å²) >= 11 is 0. The van der Waals surface area contributed by atoms with Crippen LogP contribution >= 0.6 is 0 Å². The van der Waals surface area contributed by atoms with E-state index in [1.807, 2.05) is 66.7 Å². The van der Waals surface area contributed by atoms with Gasteiger partial charge in [-0.3, -0.25) is 4.79 Å². The van der Waals surface area contributed by atoms with E-state index in [0.717, 1.165) is 30.2 Å². The van der Waals surface area contributed by atoms with Gasteiger partial charge in [0, 0.05) is 36.0 Å². The van der Waals surface area contributed by atoms with Crippen LogP contribution in [-0.2, 0) is 9.59 Å². The lowest BCUT2D eigenvalue weighted by molar-refractivity contribution is -0.142. The first-order chi connectivity index (χ1) is 20.4. The topological polar surface area (TPSA) is 130 Å². The highest BCUT2D eigenvalue weighted by Gasteiger charge is 2.42. The molecule has 0 spiro atoms. The molecule has 10 heteroatoms. The molecule has 3 atom stereocenters. The Morgan fingerprint density at radius 1 is 1.05 bits per heavy atom. The number of aliphatic carboxylic acids is 1. The molecule has 0 aliphatic carbocycles. The summed E-state index contributed by atoms with van der Waals surface area (Å²) < 4.78 is 11.9. The van der Waals surface area contributed by atoms with E-state index < -0.39 is 30.1 Å². The van der Waals surface area contributed by atoms with E-state index in [0.29, 0.717) is 35.7 Å². The van der Waals surface area contributed by atoms with Crippen LogP contribution in [0.5, 0.6) is 11.5 Å². The molecular weight excluding hydrogens is 536 g/mol. The number of carboxylic acid groups (broad SMARTS) is 1. The Kier molecular flexibility index (Phi) is 9.21. The van der Waals surface area contributed by atoms with Crippen molar-refractivity contribution in [3.8, 4) is 22.8 Å². The number of amides is 3. The van der Waals surface area contributed by atoms with Gasteiger partial charge in [-0.15, -0.1) is 0 Å². The Bertz CT molecular complexity index is 1460. The minimum absolute atomic E-state index is 0.170. The van der Waals surface area contributed by atoms with Gasteiger partial charge in [-0.2, -0.15) is 0 Å². The van der Waals surface area contributed by atoms with Gasteiger partial charge in [0.15, 0.2) is 0 Å². The minimum Gasteiger partial charge on any atom is -0.497 e. The first-order valence-electron chi connectivity index (χ1n) is 14.4. The Hall–Kier alpha value is -4.60. The number of hydrogen-bond acceptors (Lipinski definition) is 6. The highest BCUT2D eigenvalue weighted by atomic mass is 16.5. The van der Waals surface area contributed by atoms with Crippen LogP contribution in [0.1, 0.15) is 38.5 Å². The molecule has 2 aromatic carbocycles. The molecule has 1 aromatic heterocycles. The molecule has 3 heterocycles. The highest BCUT2D eigenvalue weighted by molar-refractivity contribution is 5.91. The Morgan fingerprint density at radius 3 is 2.64 bits per heavy atom. The third-order valence-corrected chi connectivity index (χ3v) is 7.65. The fourth-order valence-electron chi connectivity index (χ4n) is 5.40. The summed E-state index contributed by atoms with van der Waals surface area (Å²) in [6.07, 6.45) is 7.03. The van der Waals surface area contributed by atoms with Crippen molar-refractivity contribution in [2.24, 2.45) is 0 Å². The number of pyridine rings is 1. The van der Waals surface area contributed by atoms with Gasteiger partial charge in [0.1, 0.15) is 29.7 Å². The standard InChI is InChI=1S/C32H36N4O6/c1-41-22-14-15-24-27(17-22)34-26(21-11-7-6-8-12-21)19-29(24)42-23-18-28-30(37)35-25(31(38)39)13-9-4-2-3-5-10-16-33-32(40)36(28)20-23/h2,4,6-8,11-12,14-15,17,19,23,25,28H,3,5,9-10,13,16,18,20H2,1H3,(H,33,40)(H,35,37)(H,38,39). The van der Waals surface area contributed by atoms with Crippen LogP contribution < -0.4 is 20.1 Å². The molecule has 3 aromatic rings. The number of aromatic nitrogens is 1. The molecule has 220 valence electrons. The van der Waals surface area contributed by atoms with Crippen molar-refractivity contribution >= 4 is 28.8 Å². The number of ether oxygens (including phenoxy) is 2. The molecule has 10 nitrogen and oxygen atoms in total. The van der Waals surface area contributed by atoms with Crippen molar-refractivity contribution in [1.82, 2.24) is 20.5 Å². The van der Waals surface area contributed by atoms with E-state index >= 15 is 0 Å². The maximum Gasteiger partial charge on any atom is 0.326 e. The smallest absolute Gasteiger partial charge is 0.326 e. The average Bonchev–Trinajstić information content (AvgIpc) is 3.43. The van der Waals surface area contributed by atoms with Crippen LogP contribution in [0.15, 0.2) is 66.7 Å². The fourth-order valence-corrected chi connectivity index (χ4v) is 5.40. The predicted octanol–water partition coefficient (Wildman–Crippen LogP) is 4.53. The van der Waals surface area contributed by atoms with Crippen LogP contribution in [0.3, 0.4) is 0 Å². The Labute approximate surface area is 244 Å². The molecule has 0 bridgehead atoms. The third kappa shape index (κ3) is 6.82. The van der Waals surface area contributed by atoms with E-state index in [1.165, 1.54) is 4.90 Å². The van der Waals surface area contributed by atoms with Crippen molar-refractivity contribution in [2.45, 2.75) is 56.7 Å². The van der Waals surface area contributed by atoms with Crippen LogP contribution in [0, 0.1) is 0 Å². The molecule has 2 aliphatic rings. The van der Waals surface area contributed by atoms with E-state index in [-0.39, 0.29) is 25.4 Å². The number of nitrogens with zero attached hydrogens (tertiary/aromatic N) is 2. The second-order valence-corrected chi connectivity index (χ2v) is 10.6. The monoisotopic (exact) mass is 572 g/mol. The van der Waals surface area contributed by atoms with Gasteiger partial charge < -0.3 is 30.1 Å². The lowest BCUT2D eigenvalue weighted by atomic mass is 10.1. The molecule has 42 heavy (non-hydrogen) atoms. The SMILES string of the molecule is COc1ccc2c(OC3CC4C(=O)NC(C(=O)O)CCC=CCCCCNC(=O)N4C3)cc(-c3ccccc3)nc2c1. The van der Waals surface area contributed by atoms with Crippen molar-refractivity contribution < 1.29 is 29.0 Å². The lowest BCUT2D eigenvalue weighted by Gasteiger charge is -2.25. The number of carbonyl (C=O) groups is 3. The number of rotatable bonds is 5. The first kappa shape index (κ1) is 28.9. The molecule has 3 amide bonds. The summed E-state index contributed by atoms with van der Waals surface area (Å²) in [6.45, 7) is 0.655. The summed E-state index contributed by atoms with van der Waals surface area (Å²) in [4.78, 5) is 44.9. The van der Waals surface area contributed by atoms with Crippen LogP contribution in [0.4, 0.5) is 4.79 Å². The fraction of sp³-hybridized carbons (Fsp3) is 0.375. The van der Waals surface area contributed by atoms with Crippen LogP contribution in [0.2, 0.25) is 0 Å². The number of carboxylic acids is 1. The molecule has 2 aliphatic heterocycles. The number of nitrogens with one attached hydrogen (secondary N) is 2. The summed E-state index contributed by atoms with van der Waals surface area (Å²) in [5.41, 5.74) is 2.32. The van der Waals surface area contributed by atoms with Crippen molar-refractivity contribution in [3.05, 3.63) is 66.7 Å². The number of carbonyl (C=O) groups excluding carboxylic acids is 2. The second kappa shape index (κ2) is 13.4. The lowest BCUT2D eigenvalue weighted by Crippen LogP contribution is -2.52. The average molecular weight is 573 g/mol. The molecule has 3 unspecified atom stereocenters. The minimum atomic E-state index is -1.10. The largest absolute Gasteiger partial charge is 0.497 e. The maximum absolute atomic E-state index is 13.4. The second-order valence-electron chi connectivity index (χ2n) is 10.6. The molecule has 1 fully saturated rings. The summed E-state index contributed by atoms with van der Waals surface area (Å²) in [6, 6.07) is 14.9. The van der Waals surface area contributed by atoms with Crippen LogP contribution in [0.25, 0.3) is 22.2 Å². The maximum atomic E-state index is 13.4. The number of hydrogen-bond donors (Lipinski definition) is 3. The summed E-state index contributed by atoms with van der Waals surface area (Å²) in [5, 5.41) is 16.1. The van der Waals surface area contributed by atoms with E-state index in [4.69, 9.17) is 14.5 Å². The van der Waals surface area contributed by atoms with Gasteiger partial charge in [-0.05, 0) is 44.2 Å². The molecule has 3 N–H and O–H groups in total. The van der Waals surface area contributed by atoms with Gasteiger partial charge >= 0.3 is 12.0 Å². The number of urea groups is 1. The quantitative estimate of drug-likeness (QED) is 0.383. The van der Waals surface area contributed by atoms with Crippen molar-refractivity contribution in [3.63, 3.8) is 0 Å². The first-order valence-corrected chi connectivity index (χ1v) is 14.4. The normalized spacial score (nSPS) is 21.9. The summed E-state index contributed by atoms with van der Waals surface area (Å²) in [7, 11) is 1.60. The number of benzene rings is 2. The highest BCUT2D eigenvalue weighted by Crippen LogP contribution is 2.34. The molecule has 0 radical (unpaired) electrons. The zero-order valence-electron chi connectivity index (χ0n) is 23.6.